The van der Waals surface area contributed by atoms with Gasteiger partial charge >= 0.3 is 0 Å². The molecule has 0 saturated heterocycles. The summed E-state index contributed by atoms with van der Waals surface area (Å²) in [5, 5.41) is 5.84. The van der Waals surface area contributed by atoms with Crippen LogP contribution in [0.1, 0.15) is 37.8 Å². The maximum Gasteiger partial charge on any atom is 0.246 e. The molecule has 0 spiro atoms. The van der Waals surface area contributed by atoms with E-state index in [1.807, 2.05) is 0 Å². The Hall–Kier alpha value is -2.32. The first-order chi connectivity index (χ1) is 13.8. The molecule has 1 heterocycles. The van der Waals surface area contributed by atoms with E-state index in [1.165, 1.54) is 17.1 Å². The molecule has 29 heavy (non-hydrogen) atoms. The van der Waals surface area contributed by atoms with Crippen molar-refractivity contribution in [1.29, 1.82) is 0 Å². The lowest BCUT2D eigenvalue weighted by Gasteiger charge is -2.36. The first-order valence-electron chi connectivity index (χ1n) is 9.31. The number of hydrogen-bond donors (Lipinski definition) is 1. The fraction of sp³-hybridized carbons (Fsp3) is 0.333. The molecular weight excluding hydrogens is 399 g/mol. The summed E-state index contributed by atoms with van der Waals surface area (Å²) in [6.45, 7) is 3.80. The van der Waals surface area contributed by atoms with Crippen molar-refractivity contribution >= 4 is 22.7 Å². The number of nitrogens with zero attached hydrogens (tertiary/aromatic N) is 2. The summed E-state index contributed by atoms with van der Waals surface area (Å²) in [7, 11) is 0. The van der Waals surface area contributed by atoms with Gasteiger partial charge in [0.15, 0.2) is 0 Å². The van der Waals surface area contributed by atoms with Crippen LogP contribution in [0.4, 0.5) is 13.2 Å². The SMILES string of the molecule is CC(C)C(=O)N1N=C(c2cc(F)ccc2F)SC1(CCCN)c1cccc(F)c1. The smallest absolute Gasteiger partial charge is 0.246 e. The molecular formula is C21H22F3N3OS. The number of nitrogens with two attached hydrogens (primary N) is 1. The summed E-state index contributed by atoms with van der Waals surface area (Å²) >= 11 is 1.12. The largest absolute Gasteiger partial charge is 0.330 e. The van der Waals surface area contributed by atoms with Crippen LogP contribution < -0.4 is 5.73 Å². The first-order valence-corrected chi connectivity index (χ1v) is 10.1. The fourth-order valence-corrected chi connectivity index (χ4v) is 4.61. The molecule has 0 saturated carbocycles. The Morgan fingerprint density at radius 1 is 1.17 bits per heavy atom. The van der Waals surface area contributed by atoms with Crippen LogP contribution >= 0.6 is 11.8 Å². The number of carbonyl (C=O) groups is 1. The molecule has 0 bridgehead atoms. The van der Waals surface area contributed by atoms with Gasteiger partial charge in [-0.15, -0.1) is 0 Å². The quantitative estimate of drug-likeness (QED) is 0.742. The highest BCUT2D eigenvalue weighted by atomic mass is 32.2. The van der Waals surface area contributed by atoms with Gasteiger partial charge in [0.25, 0.3) is 0 Å². The number of benzene rings is 2. The highest BCUT2D eigenvalue weighted by Crippen LogP contribution is 2.51. The third-order valence-electron chi connectivity index (χ3n) is 4.66. The van der Waals surface area contributed by atoms with Crippen LogP contribution in [0.3, 0.4) is 0 Å². The van der Waals surface area contributed by atoms with E-state index in [9.17, 15) is 18.0 Å². The lowest BCUT2D eigenvalue weighted by atomic mass is 9.99. The molecule has 1 aliphatic rings. The summed E-state index contributed by atoms with van der Waals surface area (Å²) < 4.78 is 42.3. The Labute approximate surface area is 172 Å². The number of halogens is 3. The van der Waals surface area contributed by atoms with Crippen molar-refractivity contribution in [2.24, 2.45) is 16.8 Å². The number of thioether (sulfide) groups is 1. The zero-order valence-corrected chi connectivity index (χ0v) is 17.0. The lowest BCUT2D eigenvalue weighted by Crippen LogP contribution is -2.43. The van der Waals surface area contributed by atoms with E-state index < -0.39 is 28.2 Å². The summed E-state index contributed by atoms with van der Waals surface area (Å²) in [6.07, 6.45) is 0.903. The molecule has 0 aliphatic carbocycles. The van der Waals surface area contributed by atoms with Gasteiger partial charge in [-0.25, -0.2) is 18.2 Å². The van der Waals surface area contributed by atoms with Gasteiger partial charge in [0.1, 0.15) is 27.4 Å². The molecule has 1 amide bonds. The van der Waals surface area contributed by atoms with Gasteiger partial charge in [-0.3, -0.25) is 4.79 Å². The van der Waals surface area contributed by atoms with E-state index >= 15 is 0 Å². The van der Waals surface area contributed by atoms with Gasteiger partial charge in [0.2, 0.25) is 5.91 Å². The van der Waals surface area contributed by atoms with Crippen LogP contribution in [0, 0.1) is 23.4 Å². The summed E-state index contributed by atoms with van der Waals surface area (Å²) in [6, 6.07) is 8.98. The third kappa shape index (κ3) is 4.18. The molecule has 0 aromatic heterocycles. The van der Waals surface area contributed by atoms with E-state index in [-0.39, 0.29) is 16.5 Å². The molecule has 0 radical (unpaired) electrons. The van der Waals surface area contributed by atoms with Crippen molar-refractivity contribution in [1.82, 2.24) is 5.01 Å². The molecule has 1 unspecified atom stereocenters. The lowest BCUT2D eigenvalue weighted by molar-refractivity contribution is -0.138. The van der Waals surface area contributed by atoms with Crippen LogP contribution in [0.2, 0.25) is 0 Å². The molecule has 2 aromatic rings. The number of carbonyl (C=O) groups excluding carboxylic acids is 1. The van der Waals surface area contributed by atoms with Gasteiger partial charge in [-0.1, -0.05) is 37.7 Å². The molecule has 0 fully saturated rings. The van der Waals surface area contributed by atoms with Crippen molar-refractivity contribution in [2.75, 3.05) is 6.54 Å². The molecule has 1 aliphatic heterocycles. The standard InChI is InChI=1S/C21H22F3N3OS/c1-13(2)20(28)27-21(9-4-10-25,14-5-3-6-15(22)11-14)29-19(26-27)17-12-16(23)7-8-18(17)24/h3,5-8,11-13H,4,9-10,25H2,1-2H3. The average molecular weight is 421 g/mol. The van der Waals surface area contributed by atoms with Gasteiger partial charge in [-0.2, -0.15) is 5.10 Å². The van der Waals surface area contributed by atoms with Gasteiger partial charge in [-0.05, 0) is 55.3 Å². The highest BCUT2D eigenvalue weighted by molar-refractivity contribution is 8.15. The topological polar surface area (TPSA) is 58.7 Å². The Balaban J connectivity index is 2.18. The van der Waals surface area contributed by atoms with Gasteiger partial charge in [0, 0.05) is 11.5 Å². The zero-order chi connectivity index (χ0) is 21.2. The van der Waals surface area contributed by atoms with Crippen LogP contribution in [-0.2, 0) is 9.67 Å². The van der Waals surface area contributed by atoms with Gasteiger partial charge < -0.3 is 5.73 Å². The summed E-state index contributed by atoms with van der Waals surface area (Å²) in [5.74, 6) is -2.43. The molecule has 4 nitrogen and oxygen atoms in total. The normalized spacial score (nSPS) is 19.0. The molecule has 154 valence electrons. The Morgan fingerprint density at radius 3 is 2.55 bits per heavy atom. The van der Waals surface area contributed by atoms with Crippen LogP contribution in [0.25, 0.3) is 0 Å². The maximum atomic E-state index is 14.4. The second-order valence-electron chi connectivity index (χ2n) is 7.12. The number of rotatable bonds is 6. The second-order valence-corrected chi connectivity index (χ2v) is 8.39. The minimum atomic E-state index is -1.10. The van der Waals surface area contributed by atoms with E-state index in [2.05, 4.69) is 5.10 Å². The number of hydrazone groups is 1. The summed E-state index contributed by atoms with van der Waals surface area (Å²) in [5.41, 5.74) is 6.19. The van der Waals surface area contributed by atoms with Crippen molar-refractivity contribution in [3.63, 3.8) is 0 Å². The second kappa shape index (κ2) is 8.59. The van der Waals surface area contributed by atoms with Crippen molar-refractivity contribution < 1.29 is 18.0 Å². The van der Waals surface area contributed by atoms with E-state index in [4.69, 9.17) is 5.73 Å². The van der Waals surface area contributed by atoms with E-state index in [0.29, 0.717) is 24.9 Å². The highest BCUT2D eigenvalue weighted by Gasteiger charge is 2.49. The Bertz CT molecular complexity index is 951. The Kier molecular flexibility index (Phi) is 6.33. The Morgan fingerprint density at radius 2 is 1.90 bits per heavy atom. The van der Waals surface area contributed by atoms with Crippen LogP contribution in [0.5, 0.6) is 0 Å². The maximum absolute atomic E-state index is 14.4. The predicted octanol–water partition coefficient (Wildman–Crippen LogP) is 4.59. The number of hydrogen-bond acceptors (Lipinski definition) is 4. The van der Waals surface area contributed by atoms with Gasteiger partial charge in [0.05, 0.1) is 0 Å². The molecule has 1 atom stereocenters. The molecule has 8 heteroatoms. The fourth-order valence-electron chi connectivity index (χ4n) is 3.19. The first kappa shape index (κ1) is 21.4. The van der Waals surface area contributed by atoms with Crippen molar-refractivity contribution in [3.05, 3.63) is 71.0 Å². The van der Waals surface area contributed by atoms with E-state index in [0.717, 1.165) is 30.0 Å². The van der Waals surface area contributed by atoms with Crippen LogP contribution in [-0.4, -0.2) is 22.5 Å². The minimum absolute atomic E-state index is 0.0393. The van der Waals surface area contributed by atoms with Crippen molar-refractivity contribution in [3.8, 4) is 0 Å². The van der Waals surface area contributed by atoms with Crippen LogP contribution in [0.15, 0.2) is 47.6 Å². The van der Waals surface area contributed by atoms with E-state index in [1.54, 1.807) is 26.0 Å². The number of amides is 1. The third-order valence-corrected chi connectivity index (χ3v) is 6.10. The monoisotopic (exact) mass is 421 g/mol. The molecule has 3 rings (SSSR count). The van der Waals surface area contributed by atoms with Crippen molar-refractivity contribution in [2.45, 2.75) is 31.6 Å². The predicted molar refractivity (Wildman–Crippen MR) is 109 cm³/mol. The molecule has 2 aromatic carbocycles. The molecule has 2 N–H and O–H groups in total. The average Bonchev–Trinajstić information content (AvgIpc) is 3.08. The zero-order valence-electron chi connectivity index (χ0n) is 16.2. The summed E-state index contributed by atoms with van der Waals surface area (Å²) in [4.78, 5) is 11.9. The minimum Gasteiger partial charge on any atom is -0.330 e.